The number of aliphatic carboxylic acids is 1. The molecule has 78 valence electrons. The van der Waals surface area contributed by atoms with Gasteiger partial charge in [0.15, 0.2) is 0 Å². The van der Waals surface area contributed by atoms with Crippen LogP contribution in [0.3, 0.4) is 0 Å². The second-order valence-corrected chi connectivity index (χ2v) is 4.23. The van der Waals surface area contributed by atoms with Crippen LogP contribution in [-0.4, -0.2) is 23.7 Å². The van der Waals surface area contributed by atoms with Crippen LogP contribution in [0.4, 0.5) is 0 Å². The van der Waals surface area contributed by atoms with Crippen LogP contribution in [-0.2, 0) is 4.79 Å². The van der Waals surface area contributed by atoms with Crippen molar-refractivity contribution < 1.29 is 9.90 Å². The van der Waals surface area contributed by atoms with E-state index in [9.17, 15) is 4.79 Å². The highest BCUT2D eigenvalue weighted by Gasteiger charge is 2.18. The fraction of sp³-hybridized carbons (Fsp3) is 0.900. The average Bonchev–Trinajstić information content (AvgIpc) is 1.96. The molecule has 3 heteroatoms. The minimum Gasteiger partial charge on any atom is -0.481 e. The number of hydrogen-bond acceptors (Lipinski definition) is 2. The molecule has 0 saturated heterocycles. The van der Waals surface area contributed by atoms with E-state index >= 15 is 0 Å². The second-order valence-electron chi connectivity index (χ2n) is 4.23. The first-order valence-electron chi connectivity index (χ1n) is 4.89. The lowest BCUT2D eigenvalue weighted by molar-refractivity contribution is -0.142. The number of nitrogens with one attached hydrogen (secondary N) is 1. The van der Waals surface area contributed by atoms with Crippen molar-refractivity contribution in [2.75, 3.05) is 6.54 Å². The Bertz CT molecular complexity index is 155. The van der Waals surface area contributed by atoms with E-state index in [1.54, 1.807) is 0 Å². The molecule has 0 bridgehead atoms. The molecular weight excluding hydrogens is 166 g/mol. The average molecular weight is 187 g/mol. The molecule has 0 aliphatic heterocycles. The molecule has 3 nitrogen and oxygen atoms in total. The highest BCUT2D eigenvalue weighted by molar-refractivity contribution is 5.70. The van der Waals surface area contributed by atoms with Crippen LogP contribution in [0, 0.1) is 11.8 Å². The largest absolute Gasteiger partial charge is 0.481 e. The Hall–Kier alpha value is -0.570. The van der Waals surface area contributed by atoms with E-state index in [4.69, 9.17) is 5.11 Å². The first-order chi connectivity index (χ1) is 5.93. The van der Waals surface area contributed by atoms with Gasteiger partial charge in [0.2, 0.25) is 0 Å². The van der Waals surface area contributed by atoms with Crippen molar-refractivity contribution in [2.45, 2.75) is 40.2 Å². The molecule has 0 amide bonds. The van der Waals surface area contributed by atoms with Gasteiger partial charge in [-0.05, 0) is 12.3 Å². The Morgan fingerprint density at radius 2 is 1.85 bits per heavy atom. The molecule has 0 heterocycles. The number of carboxylic acids is 1. The van der Waals surface area contributed by atoms with E-state index < -0.39 is 5.97 Å². The van der Waals surface area contributed by atoms with E-state index in [1.165, 1.54) is 0 Å². The van der Waals surface area contributed by atoms with Crippen LogP contribution >= 0.6 is 0 Å². The van der Waals surface area contributed by atoms with Crippen molar-refractivity contribution in [3.8, 4) is 0 Å². The molecule has 0 aliphatic carbocycles. The predicted molar refractivity (Wildman–Crippen MR) is 53.7 cm³/mol. The molecule has 0 rings (SSSR count). The third-order valence-electron chi connectivity index (χ3n) is 1.88. The molecule has 0 spiro atoms. The number of rotatable bonds is 6. The summed E-state index contributed by atoms with van der Waals surface area (Å²) in [5.41, 5.74) is 0. The molecular formula is C10H21NO2. The van der Waals surface area contributed by atoms with Gasteiger partial charge < -0.3 is 10.4 Å². The van der Waals surface area contributed by atoms with E-state index in [2.05, 4.69) is 5.32 Å². The zero-order valence-corrected chi connectivity index (χ0v) is 9.00. The van der Waals surface area contributed by atoms with Gasteiger partial charge in [0, 0.05) is 12.6 Å². The van der Waals surface area contributed by atoms with Crippen LogP contribution < -0.4 is 5.32 Å². The van der Waals surface area contributed by atoms with Crippen molar-refractivity contribution in [3.63, 3.8) is 0 Å². The summed E-state index contributed by atoms with van der Waals surface area (Å²) >= 11 is 0. The molecule has 2 N–H and O–H groups in total. The molecule has 0 aromatic heterocycles. The van der Waals surface area contributed by atoms with Crippen molar-refractivity contribution >= 4 is 5.97 Å². The van der Waals surface area contributed by atoms with Crippen LogP contribution in [0.2, 0.25) is 0 Å². The summed E-state index contributed by atoms with van der Waals surface area (Å²) in [6.45, 7) is 8.71. The molecule has 0 fully saturated rings. The molecule has 1 atom stereocenters. The van der Waals surface area contributed by atoms with Gasteiger partial charge in [-0.1, -0.05) is 27.7 Å². The van der Waals surface area contributed by atoms with Gasteiger partial charge in [0.1, 0.15) is 0 Å². The summed E-state index contributed by atoms with van der Waals surface area (Å²) < 4.78 is 0. The SMILES string of the molecule is CC(C)CC(CNC(C)C)C(=O)O. The lowest BCUT2D eigenvalue weighted by Gasteiger charge is -2.16. The molecule has 0 aliphatic rings. The number of carbonyl (C=O) groups is 1. The maximum atomic E-state index is 10.8. The topological polar surface area (TPSA) is 49.3 Å². The number of carboxylic acid groups (broad SMARTS) is 1. The first kappa shape index (κ1) is 12.4. The smallest absolute Gasteiger partial charge is 0.307 e. The van der Waals surface area contributed by atoms with Crippen LogP contribution in [0.5, 0.6) is 0 Å². The summed E-state index contributed by atoms with van der Waals surface area (Å²) in [6.07, 6.45) is 0.745. The fourth-order valence-corrected chi connectivity index (χ4v) is 1.22. The third-order valence-corrected chi connectivity index (χ3v) is 1.88. The van der Waals surface area contributed by atoms with E-state index in [0.717, 1.165) is 6.42 Å². The maximum Gasteiger partial charge on any atom is 0.307 e. The Labute approximate surface area is 80.5 Å². The molecule has 0 saturated carbocycles. The Morgan fingerprint density at radius 1 is 1.31 bits per heavy atom. The summed E-state index contributed by atoms with van der Waals surface area (Å²) in [6, 6.07) is 0.356. The monoisotopic (exact) mass is 187 g/mol. The maximum absolute atomic E-state index is 10.8. The first-order valence-corrected chi connectivity index (χ1v) is 4.89. The fourth-order valence-electron chi connectivity index (χ4n) is 1.22. The quantitative estimate of drug-likeness (QED) is 0.665. The van der Waals surface area contributed by atoms with E-state index in [-0.39, 0.29) is 5.92 Å². The number of hydrogen-bond donors (Lipinski definition) is 2. The van der Waals surface area contributed by atoms with Gasteiger partial charge >= 0.3 is 5.97 Å². The van der Waals surface area contributed by atoms with Gasteiger partial charge in [-0.3, -0.25) is 4.79 Å². The third kappa shape index (κ3) is 6.58. The minimum absolute atomic E-state index is 0.248. The van der Waals surface area contributed by atoms with Gasteiger partial charge in [0.05, 0.1) is 5.92 Å². The van der Waals surface area contributed by atoms with Crippen molar-refractivity contribution in [1.29, 1.82) is 0 Å². The second kappa shape index (κ2) is 5.97. The van der Waals surface area contributed by atoms with Gasteiger partial charge in [-0.2, -0.15) is 0 Å². The summed E-state index contributed by atoms with van der Waals surface area (Å²) in [4.78, 5) is 10.8. The standard InChI is InChI=1S/C10H21NO2/c1-7(2)5-9(10(12)13)6-11-8(3)4/h7-9,11H,5-6H2,1-4H3,(H,12,13). The van der Waals surface area contributed by atoms with Crippen LogP contribution in [0.25, 0.3) is 0 Å². The van der Waals surface area contributed by atoms with Gasteiger partial charge in [-0.25, -0.2) is 0 Å². The molecule has 0 aromatic carbocycles. The minimum atomic E-state index is -0.693. The molecule has 13 heavy (non-hydrogen) atoms. The highest BCUT2D eigenvalue weighted by atomic mass is 16.4. The predicted octanol–water partition coefficient (Wildman–Crippen LogP) is 1.73. The van der Waals surface area contributed by atoms with Crippen molar-refractivity contribution in [2.24, 2.45) is 11.8 Å². The van der Waals surface area contributed by atoms with Crippen LogP contribution in [0.1, 0.15) is 34.1 Å². The Balaban J connectivity index is 3.88. The summed E-state index contributed by atoms with van der Waals surface area (Å²) in [5, 5.41) is 12.0. The zero-order valence-electron chi connectivity index (χ0n) is 9.00. The summed E-state index contributed by atoms with van der Waals surface area (Å²) in [7, 11) is 0. The lowest BCUT2D eigenvalue weighted by Crippen LogP contribution is -2.33. The summed E-state index contributed by atoms with van der Waals surface area (Å²) in [5.74, 6) is -0.501. The Kier molecular flexibility index (Phi) is 5.71. The van der Waals surface area contributed by atoms with Crippen molar-refractivity contribution in [1.82, 2.24) is 5.32 Å². The normalized spacial score (nSPS) is 13.7. The van der Waals surface area contributed by atoms with Crippen molar-refractivity contribution in [3.05, 3.63) is 0 Å². The van der Waals surface area contributed by atoms with E-state index in [1.807, 2.05) is 27.7 Å². The molecule has 1 unspecified atom stereocenters. The highest BCUT2D eigenvalue weighted by Crippen LogP contribution is 2.11. The van der Waals surface area contributed by atoms with Gasteiger partial charge in [-0.15, -0.1) is 0 Å². The Morgan fingerprint density at radius 3 is 2.15 bits per heavy atom. The van der Waals surface area contributed by atoms with Crippen LogP contribution in [0.15, 0.2) is 0 Å². The zero-order chi connectivity index (χ0) is 10.4. The van der Waals surface area contributed by atoms with E-state index in [0.29, 0.717) is 18.5 Å². The molecule has 0 radical (unpaired) electrons. The lowest BCUT2D eigenvalue weighted by atomic mass is 9.97. The van der Waals surface area contributed by atoms with Gasteiger partial charge in [0.25, 0.3) is 0 Å². The molecule has 0 aromatic rings.